The first kappa shape index (κ1) is 14.6. The molecule has 0 aliphatic carbocycles. The molecule has 0 bridgehead atoms. The number of hydrogen-bond acceptors (Lipinski definition) is 2. The molecule has 2 aromatic rings. The fourth-order valence-corrected chi connectivity index (χ4v) is 2.36. The van der Waals surface area contributed by atoms with E-state index in [0.29, 0.717) is 12.5 Å². The average Bonchev–Trinajstić information content (AvgIpc) is 2.81. The molecular weight excluding hydrogens is 250 g/mol. The molecule has 108 valence electrons. The Morgan fingerprint density at radius 2 is 1.75 bits per heavy atom. The quantitative estimate of drug-likeness (QED) is 0.910. The molecule has 2 N–H and O–H groups in total. The van der Waals surface area contributed by atoms with Gasteiger partial charge in [-0.2, -0.15) is 0 Å². The molecule has 1 unspecified atom stereocenters. The van der Waals surface area contributed by atoms with Crippen molar-refractivity contribution >= 4 is 0 Å². The van der Waals surface area contributed by atoms with Crippen molar-refractivity contribution in [1.29, 1.82) is 0 Å². The summed E-state index contributed by atoms with van der Waals surface area (Å²) >= 11 is 0. The fourth-order valence-electron chi connectivity index (χ4n) is 2.36. The Morgan fingerprint density at radius 1 is 1.10 bits per heavy atom. The van der Waals surface area contributed by atoms with Gasteiger partial charge in [0.25, 0.3) is 0 Å². The van der Waals surface area contributed by atoms with Crippen molar-refractivity contribution in [3.63, 3.8) is 0 Å². The van der Waals surface area contributed by atoms with Crippen molar-refractivity contribution in [2.24, 2.45) is 5.73 Å². The second kappa shape index (κ2) is 6.09. The first-order valence-corrected chi connectivity index (χ1v) is 7.14. The van der Waals surface area contributed by atoms with Gasteiger partial charge in [0.05, 0.1) is 5.69 Å². The van der Waals surface area contributed by atoms with E-state index < -0.39 is 0 Å². The summed E-state index contributed by atoms with van der Waals surface area (Å²) in [6, 6.07) is 8.32. The molecule has 0 radical (unpaired) electrons. The molecule has 1 aromatic carbocycles. The van der Waals surface area contributed by atoms with Crippen LogP contribution in [-0.2, 0) is 0 Å². The van der Waals surface area contributed by atoms with Crippen molar-refractivity contribution in [1.82, 2.24) is 9.13 Å². The molecule has 0 spiro atoms. The van der Waals surface area contributed by atoms with Crippen LogP contribution in [0.2, 0.25) is 0 Å². The summed E-state index contributed by atoms with van der Waals surface area (Å²) in [4.78, 5) is 12.2. The third kappa shape index (κ3) is 2.85. The van der Waals surface area contributed by atoms with E-state index in [9.17, 15) is 4.79 Å². The van der Waals surface area contributed by atoms with E-state index in [-0.39, 0.29) is 11.7 Å². The van der Waals surface area contributed by atoms with Crippen molar-refractivity contribution in [3.8, 4) is 5.69 Å². The van der Waals surface area contributed by atoms with Crippen LogP contribution in [0.25, 0.3) is 5.69 Å². The third-order valence-corrected chi connectivity index (χ3v) is 3.70. The van der Waals surface area contributed by atoms with Gasteiger partial charge in [0.2, 0.25) is 0 Å². The lowest BCUT2D eigenvalue weighted by Crippen LogP contribution is -2.24. The molecule has 4 heteroatoms. The van der Waals surface area contributed by atoms with Gasteiger partial charge in [0.15, 0.2) is 0 Å². The van der Waals surface area contributed by atoms with E-state index in [1.807, 2.05) is 38.4 Å². The Morgan fingerprint density at radius 3 is 2.25 bits per heavy atom. The zero-order valence-corrected chi connectivity index (χ0v) is 12.4. The van der Waals surface area contributed by atoms with Gasteiger partial charge in [0.1, 0.15) is 0 Å². The smallest absolute Gasteiger partial charge is 0.330 e. The molecule has 0 aliphatic rings. The fraction of sp³-hybridized carbons (Fsp3) is 0.438. The van der Waals surface area contributed by atoms with Crippen LogP contribution >= 0.6 is 0 Å². The summed E-state index contributed by atoms with van der Waals surface area (Å²) in [7, 11) is 0. The van der Waals surface area contributed by atoms with Crippen molar-refractivity contribution in [2.75, 3.05) is 6.54 Å². The molecule has 20 heavy (non-hydrogen) atoms. The highest BCUT2D eigenvalue weighted by Crippen LogP contribution is 2.19. The maximum absolute atomic E-state index is 12.2. The first-order chi connectivity index (χ1) is 9.54. The number of nitrogens with zero attached hydrogens (tertiary/aromatic N) is 2. The van der Waals surface area contributed by atoms with Crippen LogP contribution in [-0.4, -0.2) is 15.7 Å². The highest BCUT2D eigenvalue weighted by molar-refractivity contribution is 5.35. The molecule has 0 saturated heterocycles. The number of hydrogen-bond donors (Lipinski definition) is 1. The highest BCUT2D eigenvalue weighted by Gasteiger charge is 2.09. The number of imidazole rings is 1. The van der Waals surface area contributed by atoms with Gasteiger partial charge < -0.3 is 5.73 Å². The normalized spacial score (nSPS) is 12.8. The van der Waals surface area contributed by atoms with E-state index in [1.54, 1.807) is 9.13 Å². The van der Waals surface area contributed by atoms with E-state index in [4.69, 9.17) is 5.73 Å². The minimum Gasteiger partial charge on any atom is -0.330 e. The van der Waals surface area contributed by atoms with Gasteiger partial charge in [-0.25, -0.2) is 4.79 Å². The number of benzene rings is 1. The third-order valence-electron chi connectivity index (χ3n) is 3.70. The Bertz CT molecular complexity index is 607. The van der Waals surface area contributed by atoms with Crippen LogP contribution in [0, 0.1) is 0 Å². The largest absolute Gasteiger partial charge is 0.332 e. The van der Waals surface area contributed by atoms with Crippen LogP contribution in [0.4, 0.5) is 0 Å². The van der Waals surface area contributed by atoms with Gasteiger partial charge in [-0.05, 0) is 50.4 Å². The van der Waals surface area contributed by atoms with Crippen molar-refractivity contribution < 1.29 is 0 Å². The molecule has 0 fully saturated rings. The lowest BCUT2D eigenvalue weighted by molar-refractivity contribution is 0.574. The molecule has 4 nitrogen and oxygen atoms in total. The molecule has 0 amide bonds. The molecular formula is C16H23N3O. The van der Waals surface area contributed by atoms with Crippen LogP contribution in [0.15, 0.2) is 41.5 Å². The molecule has 2 rings (SSSR count). The lowest BCUT2D eigenvalue weighted by Gasteiger charge is -2.11. The maximum Gasteiger partial charge on any atom is 0.332 e. The second-order valence-corrected chi connectivity index (χ2v) is 5.52. The molecule has 1 atom stereocenters. The van der Waals surface area contributed by atoms with Crippen LogP contribution < -0.4 is 11.4 Å². The standard InChI is InChI=1S/C16H23N3O/c1-12(2)18-10-11-19(16(18)20)15-6-4-14(5-7-15)13(3)8-9-17/h4-7,10-13H,8-9,17H2,1-3H3. The number of rotatable bonds is 5. The minimum atomic E-state index is 0.00255. The Hall–Kier alpha value is -1.81. The van der Waals surface area contributed by atoms with E-state index in [1.165, 1.54) is 5.56 Å². The van der Waals surface area contributed by atoms with Crippen molar-refractivity contribution in [3.05, 3.63) is 52.7 Å². The molecule has 0 aliphatic heterocycles. The molecule has 0 saturated carbocycles. The first-order valence-electron chi connectivity index (χ1n) is 7.14. The Kier molecular flexibility index (Phi) is 4.45. The average molecular weight is 273 g/mol. The van der Waals surface area contributed by atoms with Crippen LogP contribution in [0.1, 0.15) is 44.7 Å². The Labute approximate surface area is 119 Å². The van der Waals surface area contributed by atoms with Gasteiger partial charge in [-0.15, -0.1) is 0 Å². The number of aromatic nitrogens is 2. The topological polar surface area (TPSA) is 52.9 Å². The van der Waals surface area contributed by atoms with Gasteiger partial charge in [0, 0.05) is 18.4 Å². The molecule has 1 heterocycles. The lowest BCUT2D eigenvalue weighted by atomic mass is 9.98. The highest BCUT2D eigenvalue weighted by atomic mass is 16.1. The van der Waals surface area contributed by atoms with E-state index in [0.717, 1.165) is 12.1 Å². The summed E-state index contributed by atoms with van der Waals surface area (Å²) in [5.41, 5.74) is 7.75. The zero-order chi connectivity index (χ0) is 14.7. The SMILES string of the molecule is CC(CCN)c1ccc(-n2ccn(C(C)C)c2=O)cc1. The van der Waals surface area contributed by atoms with E-state index in [2.05, 4.69) is 19.1 Å². The van der Waals surface area contributed by atoms with Gasteiger partial charge >= 0.3 is 5.69 Å². The van der Waals surface area contributed by atoms with Gasteiger partial charge in [-0.1, -0.05) is 19.1 Å². The number of nitrogens with two attached hydrogens (primary N) is 1. The summed E-state index contributed by atoms with van der Waals surface area (Å²) in [5.74, 6) is 0.450. The predicted molar refractivity (Wildman–Crippen MR) is 82.5 cm³/mol. The van der Waals surface area contributed by atoms with Crippen LogP contribution in [0.3, 0.4) is 0 Å². The molecule has 1 aromatic heterocycles. The summed E-state index contributed by atoms with van der Waals surface area (Å²) in [5, 5.41) is 0. The summed E-state index contributed by atoms with van der Waals surface area (Å²) in [6.45, 7) is 6.87. The minimum absolute atomic E-state index is 0.00255. The van der Waals surface area contributed by atoms with Crippen LogP contribution in [0.5, 0.6) is 0 Å². The monoisotopic (exact) mass is 273 g/mol. The second-order valence-electron chi connectivity index (χ2n) is 5.52. The van der Waals surface area contributed by atoms with E-state index >= 15 is 0 Å². The zero-order valence-electron chi connectivity index (χ0n) is 12.4. The van der Waals surface area contributed by atoms with Crippen molar-refractivity contribution in [2.45, 2.75) is 39.2 Å². The Balaban J connectivity index is 2.29. The summed E-state index contributed by atoms with van der Waals surface area (Å²) < 4.78 is 3.41. The summed E-state index contributed by atoms with van der Waals surface area (Å²) in [6.07, 6.45) is 4.63. The van der Waals surface area contributed by atoms with Gasteiger partial charge in [-0.3, -0.25) is 9.13 Å². The maximum atomic E-state index is 12.2. The predicted octanol–water partition coefficient (Wildman–Crippen LogP) is 2.67.